The van der Waals surface area contributed by atoms with E-state index in [2.05, 4.69) is 34.5 Å². The van der Waals surface area contributed by atoms with E-state index < -0.39 is 6.09 Å². The summed E-state index contributed by atoms with van der Waals surface area (Å²) in [5.74, 6) is 0.572. The molecule has 25 heavy (non-hydrogen) atoms. The van der Waals surface area contributed by atoms with Gasteiger partial charge in [-0.2, -0.15) is 0 Å². The van der Waals surface area contributed by atoms with Crippen LogP contribution in [-0.2, 0) is 0 Å². The molecule has 0 bridgehead atoms. The molecule has 1 saturated heterocycles. The summed E-state index contributed by atoms with van der Waals surface area (Å²) in [4.78, 5) is 14.4. The number of hydrogen-bond donors (Lipinski definition) is 1. The Bertz CT molecular complexity index is 901. The standard InChI is InChI=1S/C21H22N2O2/c24-21(22-11-14-23-12-3-4-13-23)25-18-10-9-17-8-7-16-5-1-2-6-19(16)20(17)15-18/h1-2,5-10,15H,3-4,11-14H2,(H,22,24). The lowest BCUT2D eigenvalue weighted by atomic mass is 10.0. The van der Waals surface area contributed by atoms with Crippen LogP contribution in [0.1, 0.15) is 12.8 Å². The van der Waals surface area contributed by atoms with Crippen LogP contribution in [0.25, 0.3) is 21.5 Å². The summed E-state index contributed by atoms with van der Waals surface area (Å²) in [6, 6.07) is 18.2. The van der Waals surface area contributed by atoms with Crippen molar-refractivity contribution in [1.82, 2.24) is 10.2 Å². The van der Waals surface area contributed by atoms with Gasteiger partial charge in [-0.05, 0) is 59.6 Å². The number of nitrogens with one attached hydrogen (secondary N) is 1. The second-order valence-electron chi connectivity index (χ2n) is 6.53. The molecule has 1 N–H and O–H groups in total. The van der Waals surface area contributed by atoms with E-state index in [1.54, 1.807) is 0 Å². The highest BCUT2D eigenvalue weighted by Gasteiger charge is 2.12. The zero-order valence-corrected chi connectivity index (χ0v) is 14.2. The van der Waals surface area contributed by atoms with E-state index in [0.717, 1.165) is 30.4 Å². The summed E-state index contributed by atoms with van der Waals surface area (Å²) in [7, 11) is 0. The maximum Gasteiger partial charge on any atom is 0.412 e. The molecule has 0 saturated carbocycles. The number of nitrogens with zero attached hydrogens (tertiary/aromatic N) is 1. The molecule has 0 aromatic heterocycles. The van der Waals surface area contributed by atoms with E-state index in [4.69, 9.17) is 4.74 Å². The van der Waals surface area contributed by atoms with Crippen LogP contribution in [0.2, 0.25) is 0 Å². The van der Waals surface area contributed by atoms with E-state index in [1.807, 2.05) is 30.3 Å². The van der Waals surface area contributed by atoms with Gasteiger partial charge in [-0.25, -0.2) is 4.79 Å². The summed E-state index contributed by atoms with van der Waals surface area (Å²) < 4.78 is 5.47. The van der Waals surface area contributed by atoms with Crippen LogP contribution in [0.5, 0.6) is 5.75 Å². The first kappa shape index (κ1) is 15.9. The SMILES string of the molecule is O=C(NCCN1CCCC1)Oc1ccc2ccc3ccccc3c2c1. The molecule has 1 aliphatic heterocycles. The molecule has 3 aromatic carbocycles. The van der Waals surface area contributed by atoms with Crippen molar-refractivity contribution in [1.29, 1.82) is 0 Å². The highest BCUT2D eigenvalue weighted by Crippen LogP contribution is 2.28. The van der Waals surface area contributed by atoms with Crippen LogP contribution in [0.3, 0.4) is 0 Å². The molecule has 0 radical (unpaired) electrons. The lowest BCUT2D eigenvalue weighted by molar-refractivity contribution is 0.198. The summed E-state index contributed by atoms with van der Waals surface area (Å²) in [5.41, 5.74) is 0. The largest absolute Gasteiger partial charge is 0.412 e. The quantitative estimate of drug-likeness (QED) is 0.728. The topological polar surface area (TPSA) is 41.6 Å². The van der Waals surface area contributed by atoms with Gasteiger partial charge in [0.05, 0.1) is 0 Å². The maximum absolute atomic E-state index is 12.0. The van der Waals surface area contributed by atoms with Crippen LogP contribution in [-0.4, -0.2) is 37.2 Å². The number of carbonyl (C=O) groups is 1. The summed E-state index contributed by atoms with van der Waals surface area (Å²) in [6.45, 7) is 3.77. The maximum atomic E-state index is 12.0. The smallest absolute Gasteiger partial charge is 0.410 e. The Balaban J connectivity index is 1.45. The van der Waals surface area contributed by atoms with Gasteiger partial charge in [0.15, 0.2) is 0 Å². The van der Waals surface area contributed by atoms with Crippen molar-refractivity contribution in [2.75, 3.05) is 26.2 Å². The third kappa shape index (κ3) is 3.59. The Morgan fingerprint density at radius 3 is 2.52 bits per heavy atom. The molecule has 3 aromatic rings. The van der Waals surface area contributed by atoms with Crippen LogP contribution in [0.4, 0.5) is 4.79 Å². The van der Waals surface area contributed by atoms with Gasteiger partial charge >= 0.3 is 6.09 Å². The Morgan fingerprint density at radius 1 is 0.960 bits per heavy atom. The highest BCUT2D eigenvalue weighted by atomic mass is 16.6. The average Bonchev–Trinajstić information content (AvgIpc) is 3.15. The number of fused-ring (bicyclic) bond motifs is 3. The molecule has 0 aliphatic carbocycles. The fourth-order valence-corrected chi connectivity index (χ4v) is 3.51. The number of benzene rings is 3. The zero-order valence-electron chi connectivity index (χ0n) is 14.2. The van der Waals surface area contributed by atoms with Gasteiger partial charge in [0.2, 0.25) is 0 Å². The number of carbonyl (C=O) groups excluding carboxylic acids is 1. The van der Waals surface area contributed by atoms with Gasteiger partial charge in [-0.1, -0.05) is 42.5 Å². The van der Waals surface area contributed by atoms with Gasteiger partial charge in [0.1, 0.15) is 5.75 Å². The second kappa shape index (κ2) is 7.11. The minimum atomic E-state index is -0.390. The first-order valence-corrected chi connectivity index (χ1v) is 8.89. The summed E-state index contributed by atoms with van der Waals surface area (Å²) in [5, 5.41) is 7.43. The molecule has 4 heteroatoms. The second-order valence-corrected chi connectivity index (χ2v) is 6.53. The molecule has 1 amide bonds. The molecule has 128 valence electrons. The molecule has 4 nitrogen and oxygen atoms in total. The number of rotatable bonds is 4. The Morgan fingerprint density at radius 2 is 1.68 bits per heavy atom. The van der Waals surface area contributed by atoms with E-state index in [9.17, 15) is 4.79 Å². The van der Waals surface area contributed by atoms with Crippen LogP contribution in [0, 0.1) is 0 Å². The highest BCUT2D eigenvalue weighted by molar-refractivity contribution is 6.07. The first-order chi connectivity index (χ1) is 12.3. The lowest BCUT2D eigenvalue weighted by Crippen LogP contribution is -2.35. The van der Waals surface area contributed by atoms with Crippen molar-refractivity contribution in [2.24, 2.45) is 0 Å². The predicted molar refractivity (Wildman–Crippen MR) is 101 cm³/mol. The molecule has 1 aliphatic rings. The molecule has 1 fully saturated rings. The van der Waals surface area contributed by atoms with Crippen LogP contribution >= 0.6 is 0 Å². The normalized spacial score (nSPS) is 14.9. The van der Waals surface area contributed by atoms with Crippen molar-refractivity contribution in [3.05, 3.63) is 54.6 Å². The van der Waals surface area contributed by atoms with Crippen LogP contribution in [0.15, 0.2) is 54.6 Å². The molecular weight excluding hydrogens is 312 g/mol. The lowest BCUT2D eigenvalue weighted by Gasteiger charge is -2.14. The molecule has 4 rings (SSSR count). The van der Waals surface area contributed by atoms with E-state index in [1.165, 1.54) is 23.6 Å². The van der Waals surface area contributed by atoms with Gasteiger partial charge in [-0.15, -0.1) is 0 Å². The van der Waals surface area contributed by atoms with E-state index in [0.29, 0.717) is 12.3 Å². The van der Waals surface area contributed by atoms with Crippen LogP contribution < -0.4 is 10.1 Å². The Labute approximate surface area is 147 Å². The van der Waals surface area contributed by atoms with Crippen molar-refractivity contribution in [3.63, 3.8) is 0 Å². The molecule has 1 heterocycles. The van der Waals surface area contributed by atoms with E-state index in [-0.39, 0.29) is 0 Å². The fraction of sp³-hybridized carbons (Fsp3) is 0.286. The molecule has 0 spiro atoms. The third-order valence-electron chi connectivity index (χ3n) is 4.82. The Kier molecular flexibility index (Phi) is 4.53. The van der Waals surface area contributed by atoms with Crippen molar-refractivity contribution >= 4 is 27.6 Å². The van der Waals surface area contributed by atoms with Gasteiger partial charge < -0.3 is 15.0 Å². The molecule has 0 atom stereocenters. The van der Waals surface area contributed by atoms with Crippen molar-refractivity contribution in [3.8, 4) is 5.75 Å². The first-order valence-electron chi connectivity index (χ1n) is 8.89. The molecular formula is C21H22N2O2. The van der Waals surface area contributed by atoms with Gasteiger partial charge in [0.25, 0.3) is 0 Å². The Hall–Kier alpha value is -2.59. The molecule has 0 unspecified atom stereocenters. The predicted octanol–water partition coefficient (Wildman–Crippen LogP) is 4.18. The third-order valence-corrected chi connectivity index (χ3v) is 4.82. The zero-order chi connectivity index (χ0) is 17.1. The average molecular weight is 334 g/mol. The van der Waals surface area contributed by atoms with Gasteiger partial charge in [-0.3, -0.25) is 0 Å². The minimum absolute atomic E-state index is 0.390. The fourth-order valence-electron chi connectivity index (χ4n) is 3.51. The summed E-state index contributed by atoms with van der Waals surface area (Å²) in [6.07, 6.45) is 2.13. The minimum Gasteiger partial charge on any atom is -0.410 e. The van der Waals surface area contributed by atoms with Crippen molar-refractivity contribution in [2.45, 2.75) is 12.8 Å². The number of hydrogen-bond acceptors (Lipinski definition) is 3. The van der Waals surface area contributed by atoms with Gasteiger partial charge in [0, 0.05) is 13.1 Å². The van der Waals surface area contributed by atoms with E-state index >= 15 is 0 Å². The summed E-state index contributed by atoms with van der Waals surface area (Å²) >= 11 is 0. The monoisotopic (exact) mass is 334 g/mol. The number of likely N-dealkylation sites (tertiary alicyclic amines) is 1. The number of amides is 1. The number of ether oxygens (including phenoxy) is 1. The van der Waals surface area contributed by atoms with Crippen molar-refractivity contribution < 1.29 is 9.53 Å².